The van der Waals surface area contributed by atoms with Crippen molar-refractivity contribution in [2.24, 2.45) is 0 Å². The number of β-amino-alcohol motifs (C(OH)–C–C–N with tert-alkyl or cyclic N) is 1. The van der Waals surface area contributed by atoms with Gasteiger partial charge in [0, 0.05) is 42.9 Å². The Labute approximate surface area is 154 Å². The van der Waals surface area contributed by atoms with E-state index in [-0.39, 0.29) is 12.3 Å². The molecular formula is C21H28N2O3. The fourth-order valence-corrected chi connectivity index (χ4v) is 4.47. The maximum atomic E-state index is 10.9. The van der Waals surface area contributed by atoms with Crippen LogP contribution in [0.4, 0.5) is 0 Å². The third-order valence-corrected chi connectivity index (χ3v) is 5.39. The van der Waals surface area contributed by atoms with Gasteiger partial charge in [-0.15, -0.1) is 0 Å². The molecule has 2 aromatic rings. The summed E-state index contributed by atoms with van der Waals surface area (Å²) >= 11 is 0. The lowest BCUT2D eigenvalue weighted by atomic mass is 9.79. The Morgan fingerprint density at radius 3 is 2.81 bits per heavy atom. The molecule has 5 heteroatoms. The minimum absolute atomic E-state index is 0.229. The molecule has 140 valence electrons. The number of aromatic nitrogens is 1. The molecular weight excluding hydrogens is 328 g/mol. The largest absolute Gasteiger partial charge is 0.385 e. The highest BCUT2D eigenvalue weighted by Gasteiger charge is 2.39. The Morgan fingerprint density at radius 1 is 1.31 bits per heavy atom. The first-order valence-corrected chi connectivity index (χ1v) is 9.54. The summed E-state index contributed by atoms with van der Waals surface area (Å²) in [6.07, 6.45) is 4.83. The molecule has 2 atom stereocenters. The van der Waals surface area contributed by atoms with E-state index in [0.717, 1.165) is 11.9 Å². The summed E-state index contributed by atoms with van der Waals surface area (Å²) in [6.45, 7) is 8.30. The average Bonchev–Trinajstić information content (AvgIpc) is 3.00. The number of H-pyrrole nitrogens is 1. The Bertz CT molecular complexity index is 818. The van der Waals surface area contributed by atoms with Crippen LogP contribution in [-0.2, 0) is 15.9 Å². The zero-order valence-corrected chi connectivity index (χ0v) is 15.8. The average molecular weight is 356 g/mol. The molecule has 26 heavy (non-hydrogen) atoms. The van der Waals surface area contributed by atoms with Crippen LogP contribution in [0.5, 0.6) is 0 Å². The molecule has 0 unspecified atom stereocenters. The van der Waals surface area contributed by atoms with Gasteiger partial charge in [-0.3, -0.25) is 4.90 Å². The molecule has 0 spiro atoms. The second kappa shape index (κ2) is 6.82. The molecule has 2 N–H and O–H groups in total. The number of ether oxygens (including phenoxy) is 2. The zero-order chi connectivity index (χ0) is 18.3. The third kappa shape index (κ3) is 3.09. The predicted molar refractivity (Wildman–Crippen MR) is 103 cm³/mol. The van der Waals surface area contributed by atoms with Crippen LogP contribution in [0.15, 0.2) is 30.5 Å². The molecule has 1 aromatic carbocycles. The molecule has 2 aliphatic rings. The molecule has 1 aromatic heterocycles. The van der Waals surface area contributed by atoms with Crippen LogP contribution in [0.3, 0.4) is 0 Å². The highest BCUT2D eigenvalue weighted by molar-refractivity contribution is 5.98. The zero-order valence-electron chi connectivity index (χ0n) is 15.8. The Balaban J connectivity index is 1.72. The fraction of sp³-hybridized carbons (Fsp3) is 0.524. The minimum atomic E-state index is -0.870. The number of aliphatic hydroxyl groups is 1. The number of hydrogen-bond acceptors (Lipinski definition) is 4. The first-order valence-electron chi connectivity index (χ1n) is 9.54. The summed E-state index contributed by atoms with van der Waals surface area (Å²) in [5.41, 5.74) is 4.07. The van der Waals surface area contributed by atoms with Gasteiger partial charge in [-0.05, 0) is 56.0 Å². The van der Waals surface area contributed by atoms with Crippen LogP contribution < -0.4 is 0 Å². The van der Waals surface area contributed by atoms with E-state index in [1.807, 2.05) is 20.8 Å². The summed E-state index contributed by atoms with van der Waals surface area (Å²) in [5, 5.41) is 12.2. The lowest BCUT2D eigenvalue weighted by molar-refractivity contribution is -0.153. The van der Waals surface area contributed by atoms with Gasteiger partial charge in [-0.2, -0.15) is 0 Å². The normalized spacial score (nSPS) is 25.6. The lowest BCUT2D eigenvalue weighted by Crippen LogP contribution is -2.54. The molecule has 4 rings (SSSR count). The van der Waals surface area contributed by atoms with Crippen LogP contribution in [0.2, 0.25) is 0 Å². The van der Waals surface area contributed by atoms with E-state index in [0.29, 0.717) is 26.3 Å². The monoisotopic (exact) mass is 356 g/mol. The summed E-state index contributed by atoms with van der Waals surface area (Å²) < 4.78 is 11.5. The van der Waals surface area contributed by atoms with E-state index in [1.165, 1.54) is 22.1 Å². The second-order valence-electron chi connectivity index (χ2n) is 7.49. The van der Waals surface area contributed by atoms with E-state index in [1.54, 1.807) is 0 Å². The Morgan fingerprint density at radius 2 is 2.08 bits per heavy atom. The summed E-state index contributed by atoms with van der Waals surface area (Å²) in [4.78, 5) is 5.71. The molecule has 2 heterocycles. The van der Waals surface area contributed by atoms with Gasteiger partial charge in [0.15, 0.2) is 6.29 Å². The molecule has 0 bridgehead atoms. The first kappa shape index (κ1) is 17.7. The minimum Gasteiger partial charge on any atom is -0.385 e. The van der Waals surface area contributed by atoms with Gasteiger partial charge in [0.2, 0.25) is 0 Å². The number of nitrogens with one attached hydrogen (secondary N) is 1. The van der Waals surface area contributed by atoms with E-state index < -0.39 is 5.60 Å². The van der Waals surface area contributed by atoms with Crippen molar-refractivity contribution in [3.05, 3.63) is 41.6 Å². The van der Waals surface area contributed by atoms with Gasteiger partial charge in [0.1, 0.15) is 0 Å². The Hall–Kier alpha value is -1.66. The topological polar surface area (TPSA) is 57.7 Å². The van der Waals surface area contributed by atoms with Gasteiger partial charge in [-0.25, -0.2) is 0 Å². The quantitative estimate of drug-likeness (QED) is 0.782. The van der Waals surface area contributed by atoms with Crippen molar-refractivity contribution in [1.82, 2.24) is 9.88 Å². The van der Waals surface area contributed by atoms with Crippen LogP contribution in [0, 0.1) is 0 Å². The maximum Gasteiger partial charge on any atom is 0.170 e. The predicted octanol–water partition coefficient (Wildman–Crippen LogP) is 2.94. The maximum absolute atomic E-state index is 10.9. The molecule has 0 fully saturated rings. The van der Waals surface area contributed by atoms with Gasteiger partial charge in [0.25, 0.3) is 0 Å². The van der Waals surface area contributed by atoms with Gasteiger partial charge < -0.3 is 19.6 Å². The molecule has 0 amide bonds. The second-order valence-corrected chi connectivity index (χ2v) is 7.49. The molecule has 1 aliphatic carbocycles. The van der Waals surface area contributed by atoms with Crippen LogP contribution >= 0.6 is 0 Å². The molecule has 5 nitrogen and oxygen atoms in total. The highest BCUT2D eigenvalue weighted by Crippen LogP contribution is 2.42. The highest BCUT2D eigenvalue weighted by atomic mass is 16.7. The van der Waals surface area contributed by atoms with Crippen molar-refractivity contribution in [2.45, 2.75) is 45.1 Å². The molecule has 1 aliphatic heterocycles. The molecule has 0 radical (unpaired) electrons. The number of rotatable bonds is 6. The first-order chi connectivity index (χ1) is 12.5. The van der Waals surface area contributed by atoms with Crippen LogP contribution in [0.25, 0.3) is 16.5 Å². The molecule has 0 saturated carbocycles. The van der Waals surface area contributed by atoms with Crippen molar-refractivity contribution in [3.63, 3.8) is 0 Å². The van der Waals surface area contributed by atoms with Crippen molar-refractivity contribution < 1.29 is 14.6 Å². The Kier molecular flexibility index (Phi) is 4.65. The number of benzene rings is 1. The van der Waals surface area contributed by atoms with Gasteiger partial charge in [0.05, 0.1) is 12.1 Å². The number of hydrogen-bond donors (Lipinski definition) is 2. The molecule has 0 saturated heterocycles. The van der Waals surface area contributed by atoms with E-state index in [4.69, 9.17) is 9.47 Å². The standard InChI is InChI=1S/C21H28N2O3/c1-4-25-19(26-5-2)12-23-13-21(3,24)10-16-15-7-6-8-17-20(15)14(11-22-17)9-18(16)23/h6-8,10-11,18-19,22,24H,4-5,9,12-13H2,1-3H3/t18-,21+/m1/s1. The summed E-state index contributed by atoms with van der Waals surface area (Å²) in [6, 6.07) is 6.59. The van der Waals surface area contributed by atoms with Gasteiger partial charge >= 0.3 is 0 Å². The number of aromatic amines is 1. The van der Waals surface area contributed by atoms with E-state index in [2.05, 4.69) is 40.4 Å². The summed E-state index contributed by atoms with van der Waals surface area (Å²) in [5.74, 6) is 0. The van der Waals surface area contributed by atoms with E-state index in [9.17, 15) is 5.11 Å². The smallest absolute Gasteiger partial charge is 0.170 e. The van der Waals surface area contributed by atoms with Crippen molar-refractivity contribution in [2.75, 3.05) is 26.3 Å². The van der Waals surface area contributed by atoms with Crippen molar-refractivity contribution in [3.8, 4) is 0 Å². The van der Waals surface area contributed by atoms with Gasteiger partial charge in [-0.1, -0.05) is 12.1 Å². The lowest BCUT2D eigenvalue weighted by Gasteiger charge is -2.45. The SMILES string of the molecule is CCOC(CN1C[C@@](C)(O)C=C2c3cccc4[nH]cc(c34)C[C@H]21)OCC. The fourth-order valence-electron chi connectivity index (χ4n) is 4.47. The van der Waals surface area contributed by atoms with Crippen molar-refractivity contribution in [1.29, 1.82) is 0 Å². The third-order valence-electron chi connectivity index (χ3n) is 5.39. The van der Waals surface area contributed by atoms with Crippen molar-refractivity contribution >= 4 is 16.5 Å². The number of nitrogens with zero attached hydrogens (tertiary/aromatic N) is 1. The summed E-state index contributed by atoms with van der Waals surface area (Å²) in [7, 11) is 0. The van der Waals surface area contributed by atoms with E-state index >= 15 is 0 Å². The van der Waals surface area contributed by atoms with Crippen LogP contribution in [-0.4, -0.2) is 59.2 Å². The number of fused-ring (bicyclic) bond motifs is 2. The van der Waals surface area contributed by atoms with Crippen LogP contribution in [0.1, 0.15) is 31.9 Å².